The Morgan fingerprint density at radius 1 is 1.40 bits per heavy atom. The Labute approximate surface area is 123 Å². The third kappa shape index (κ3) is 3.57. The van der Waals surface area contributed by atoms with E-state index in [1.54, 1.807) is 0 Å². The molecule has 112 valence electrons. The summed E-state index contributed by atoms with van der Waals surface area (Å²) in [6.07, 6.45) is 4.22. The first-order valence-electron chi connectivity index (χ1n) is 7.74. The molecule has 0 bridgehead atoms. The highest BCUT2D eigenvalue weighted by Gasteiger charge is 2.31. The van der Waals surface area contributed by atoms with Crippen molar-refractivity contribution >= 4 is 0 Å². The summed E-state index contributed by atoms with van der Waals surface area (Å²) in [5, 5.41) is 0. The van der Waals surface area contributed by atoms with Crippen molar-refractivity contribution in [2.75, 3.05) is 26.7 Å². The number of nitrogens with two attached hydrogens (primary N) is 1. The van der Waals surface area contributed by atoms with Crippen LogP contribution < -0.4 is 5.73 Å². The van der Waals surface area contributed by atoms with Crippen LogP contribution >= 0.6 is 0 Å². The van der Waals surface area contributed by atoms with Gasteiger partial charge in [-0.25, -0.2) is 0 Å². The maximum Gasteiger partial charge on any atom is 0.0673 e. The monoisotopic (exact) mass is 276 g/mol. The number of hydrogen-bond acceptors (Lipinski definition) is 4. The minimum atomic E-state index is 0.0855. The zero-order valence-electron chi connectivity index (χ0n) is 13.0. The average Bonchev–Trinajstić information content (AvgIpc) is 2.62. The first-order chi connectivity index (χ1) is 9.63. The molecule has 0 radical (unpaired) electrons. The molecule has 2 N–H and O–H groups in total. The minimum absolute atomic E-state index is 0.0855. The van der Waals surface area contributed by atoms with Crippen molar-refractivity contribution in [1.82, 2.24) is 14.8 Å². The predicted octanol–water partition coefficient (Wildman–Crippen LogP) is 1.89. The molecule has 2 rings (SSSR count). The lowest BCUT2D eigenvalue weighted by Gasteiger charge is -2.38. The number of likely N-dealkylation sites (N-methyl/N-ethyl adjacent to an activating group) is 1. The summed E-state index contributed by atoms with van der Waals surface area (Å²) in [5.41, 5.74) is 7.41. The summed E-state index contributed by atoms with van der Waals surface area (Å²) in [5.74, 6) is 0. The van der Waals surface area contributed by atoms with E-state index in [0.717, 1.165) is 25.2 Å². The molecule has 2 heterocycles. The summed E-state index contributed by atoms with van der Waals surface area (Å²) < 4.78 is 0. The van der Waals surface area contributed by atoms with Crippen molar-refractivity contribution in [1.29, 1.82) is 0 Å². The summed E-state index contributed by atoms with van der Waals surface area (Å²) >= 11 is 0. The van der Waals surface area contributed by atoms with Gasteiger partial charge >= 0.3 is 0 Å². The van der Waals surface area contributed by atoms with Gasteiger partial charge in [-0.15, -0.1) is 0 Å². The van der Waals surface area contributed by atoms with Gasteiger partial charge in [0.15, 0.2) is 0 Å². The number of aromatic nitrogens is 1. The maximum absolute atomic E-state index is 6.31. The van der Waals surface area contributed by atoms with Crippen LogP contribution in [0.25, 0.3) is 0 Å². The fraction of sp³-hybridized carbons (Fsp3) is 0.688. The fourth-order valence-corrected chi connectivity index (χ4v) is 3.28. The molecule has 1 aromatic heterocycles. The van der Waals surface area contributed by atoms with E-state index >= 15 is 0 Å². The topological polar surface area (TPSA) is 45.4 Å². The molecule has 0 aliphatic carbocycles. The molecule has 4 nitrogen and oxygen atoms in total. The molecular formula is C16H28N4. The van der Waals surface area contributed by atoms with Crippen LogP contribution in [0.3, 0.4) is 0 Å². The van der Waals surface area contributed by atoms with E-state index in [1.165, 1.54) is 13.0 Å². The highest BCUT2D eigenvalue weighted by atomic mass is 15.3. The number of nitrogens with zero attached hydrogens (tertiary/aromatic N) is 3. The standard InChI is InChI=1S/C16H28N4/c1-4-14-12-19(3)10-7-11-20(14)16(13(2)17)15-8-5-6-9-18-15/h5-6,8-9,13-14,16H,4,7,10-12,17H2,1-3H3. The second-order valence-corrected chi connectivity index (χ2v) is 5.97. The van der Waals surface area contributed by atoms with E-state index in [-0.39, 0.29) is 12.1 Å². The average molecular weight is 276 g/mol. The van der Waals surface area contributed by atoms with E-state index < -0.39 is 0 Å². The zero-order valence-corrected chi connectivity index (χ0v) is 13.0. The lowest BCUT2D eigenvalue weighted by molar-refractivity contribution is 0.111. The van der Waals surface area contributed by atoms with E-state index in [9.17, 15) is 0 Å². The van der Waals surface area contributed by atoms with E-state index in [1.807, 2.05) is 12.3 Å². The van der Waals surface area contributed by atoms with Crippen molar-refractivity contribution in [3.05, 3.63) is 30.1 Å². The van der Waals surface area contributed by atoms with Gasteiger partial charge < -0.3 is 10.6 Å². The molecule has 0 saturated carbocycles. The summed E-state index contributed by atoms with van der Waals surface area (Å²) in [4.78, 5) is 9.57. The second kappa shape index (κ2) is 7.16. The van der Waals surface area contributed by atoms with Crippen molar-refractivity contribution in [3.63, 3.8) is 0 Å². The van der Waals surface area contributed by atoms with Crippen LogP contribution in [0.2, 0.25) is 0 Å². The molecule has 0 spiro atoms. The van der Waals surface area contributed by atoms with Gasteiger partial charge in [0.25, 0.3) is 0 Å². The van der Waals surface area contributed by atoms with Crippen LogP contribution in [0.15, 0.2) is 24.4 Å². The van der Waals surface area contributed by atoms with Crippen molar-refractivity contribution in [2.45, 2.75) is 44.8 Å². The van der Waals surface area contributed by atoms with Crippen molar-refractivity contribution < 1.29 is 0 Å². The Morgan fingerprint density at radius 2 is 2.20 bits per heavy atom. The molecule has 1 aliphatic rings. The third-order valence-corrected chi connectivity index (χ3v) is 4.26. The molecule has 1 aromatic rings. The number of hydrogen-bond donors (Lipinski definition) is 1. The fourth-order valence-electron chi connectivity index (χ4n) is 3.28. The van der Waals surface area contributed by atoms with Gasteiger partial charge in [0.05, 0.1) is 11.7 Å². The molecule has 0 amide bonds. The SMILES string of the molecule is CCC1CN(C)CCCN1C(c1ccccn1)C(C)N. The highest BCUT2D eigenvalue weighted by Crippen LogP contribution is 2.27. The van der Waals surface area contributed by atoms with Gasteiger partial charge in [-0.05, 0) is 45.5 Å². The molecular weight excluding hydrogens is 248 g/mol. The van der Waals surface area contributed by atoms with Gasteiger partial charge in [0, 0.05) is 31.4 Å². The third-order valence-electron chi connectivity index (χ3n) is 4.26. The number of pyridine rings is 1. The molecule has 1 saturated heterocycles. The molecule has 3 unspecified atom stereocenters. The Balaban J connectivity index is 2.27. The Morgan fingerprint density at radius 3 is 2.80 bits per heavy atom. The normalized spacial score (nSPS) is 25.1. The summed E-state index contributed by atoms with van der Waals surface area (Å²) in [6.45, 7) is 7.76. The van der Waals surface area contributed by atoms with Crippen molar-refractivity contribution in [3.8, 4) is 0 Å². The van der Waals surface area contributed by atoms with Crippen molar-refractivity contribution in [2.24, 2.45) is 5.73 Å². The lowest BCUT2D eigenvalue weighted by atomic mass is 10.0. The summed E-state index contributed by atoms with van der Waals surface area (Å²) in [6, 6.07) is 6.99. The van der Waals surface area contributed by atoms with Gasteiger partial charge in [0.1, 0.15) is 0 Å². The van der Waals surface area contributed by atoms with Crippen LogP contribution in [-0.2, 0) is 0 Å². The van der Waals surface area contributed by atoms with Gasteiger partial charge in [-0.3, -0.25) is 9.88 Å². The highest BCUT2D eigenvalue weighted by molar-refractivity contribution is 5.12. The van der Waals surface area contributed by atoms with Crippen LogP contribution in [0.4, 0.5) is 0 Å². The molecule has 1 fully saturated rings. The van der Waals surface area contributed by atoms with E-state index in [0.29, 0.717) is 6.04 Å². The Bertz CT molecular complexity index is 393. The number of rotatable bonds is 4. The first-order valence-corrected chi connectivity index (χ1v) is 7.74. The molecule has 4 heteroatoms. The van der Waals surface area contributed by atoms with Gasteiger partial charge in [0.2, 0.25) is 0 Å². The Kier molecular flexibility index (Phi) is 5.52. The molecule has 20 heavy (non-hydrogen) atoms. The quantitative estimate of drug-likeness (QED) is 0.912. The summed E-state index contributed by atoms with van der Waals surface area (Å²) in [7, 11) is 2.22. The minimum Gasteiger partial charge on any atom is -0.326 e. The molecule has 0 aromatic carbocycles. The first kappa shape index (κ1) is 15.4. The predicted molar refractivity (Wildman–Crippen MR) is 83.5 cm³/mol. The van der Waals surface area contributed by atoms with Gasteiger partial charge in [-0.1, -0.05) is 13.0 Å². The molecule has 1 aliphatic heterocycles. The largest absolute Gasteiger partial charge is 0.326 e. The van der Waals surface area contributed by atoms with Crippen LogP contribution in [0.5, 0.6) is 0 Å². The second-order valence-electron chi connectivity index (χ2n) is 5.97. The van der Waals surface area contributed by atoms with Crippen LogP contribution in [0, 0.1) is 0 Å². The van der Waals surface area contributed by atoms with Crippen LogP contribution in [0.1, 0.15) is 38.4 Å². The maximum atomic E-state index is 6.31. The molecule has 3 atom stereocenters. The van der Waals surface area contributed by atoms with Crippen LogP contribution in [-0.4, -0.2) is 53.5 Å². The zero-order chi connectivity index (χ0) is 14.5. The lowest BCUT2D eigenvalue weighted by Crippen LogP contribution is -2.47. The Hall–Kier alpha value is -0.970. The van der Waals surface area contributed by atoms with E-state index in [4.69, 9.17) is 5.73 Å². The smallest absolute Gasteiger partial charge is 0.0673 e. The van der Waals surface area contributed by atoms with Gasteiger partial charge in [-0.2, -0.15) is 0 Å². The van der Waals surface area contributed by atoms with E-state index in [2.05, 4.69) is 47.8 Å².